The Kier molecular flexibility index (Phi) is 5.32. The van der Waals surface area contributed by atoms with Gasteiger partial charge in [0, 0.05) is 17.8 Å². The van der Waals surface area contributed by atoms with E-state index in [2.05, 4.69) is 28.7 Å². The van der Waals surface area contributed by atoms with Crippen LogP contribution in [0.1, 0.15) is 31.7 Å². The molecule has 1 aromatic heterocycles. The van der Waals surface area contributed by atoms with Crippen LogP contribution in [0.2, 0.25) is 0 Å². The van der Waals surface area contributed by atoms with Crippen molar-refractivity contribution in [3.8, 4) is 0 Å². The maximum Gasteiger partial charge on any atom is 0.313 e. The molecule has 1 unspecified atom stereocenters. The van der Waals surface area contributed by atoms with Crippen LogP contribution in [-0.2, 0) is 9.59 Å². The molecular formula is C18H24N4O2S. The van der Waals surface area contributed by atoms with Crippen molar-refractivity contribution in [2.24, 2.45) is 5.92 Å². The van der Waals surface area contributed by atoms with Crippen molar-refractivity contribution >= 4 is 35.1 Å². The summed E-state index contributed by atoms with van der Waals surface area (Å²) in [7, 11) is 0. The maximum atomic E-state index is 12.8. The first-order valence-electron chi connectivity index (χ1n) is 8.60. The first kappa shape index (κ1) is 17.8. The number of nitrogens with two attached hydrogens (primary N) is 1. The fourth-order valence-corrected chi connectivity index (χ4v) is 4.52. The van der Waals surface area contributed by atoms with E-state index in [1.54, 1.807) is 22.7 Å². The molecule has 0 bridgehead atoms. The zero-order chi connectivity index (χ0) is 18.0. The van der Waals surface area contributed by atoms with Gasteiger partial charge in [-0.3, -0.25) is 9.59 Å². The smallest absolute Gasteiger partial charge is 0.313 e. The van der Waals surface area contributed by atoms with Crippen LogP contribution >= 0.6 is 11.8 Å². The van der Waals surface area contributed by atoms with Crippen molar-refractivity contribution in [1.82, 2.24) is 9.88 Å². The largest absolute Gasteiger partial charge is 0.383 e. The molecule has 3 heterocycles. The van der Waals surface area contributed by atoms with Crippen molar-refractivity contribution in [3.05, 3.63) is 29.3 Å². The van der Waals surface area contributed by atoms with Crippen LogP contribution in [0.3, 0.4) is 0 Å². The molecule has 1 aromatic rings. The van der Waals surface area contributed by atoms with Gasteiger partial charge in [0.2, 0.25) is 0 Å². The standard InChI is InChI=1S/C18H24N4O2S/c1-11-5-6-14(15-4-3-7-25-15)22(10-11)18(24)17(23)21-13-8-12(2)16(19)20-9-13/h3,7-9,11,14-15H,4-6,10H2,1-2H3,(H2,19,20)(H,21,23)/t11-,14+,15?/m1/s1. The van der Waals surface area contributed by atoms with Gasteiger partial charge in [-0.15, -0.1) is 11.8 Å². The fourth-order valence-electron chi connectivity index (χ4n) is 3.41. The number of piperidine rings is 1. The summed E-state index contributed by atoms with van der Waals surface area (Å²) in [6.45, 7) is 4.57. The van der Waals surface area contributed by atoms with Gasteiger partial charge in [0.25, 0.3) is 0 Å². The number of carbonyl (C=O) groups is 2. The summed E-state index contributed by atoms with van der Waals surface area (Å²) in [5.41, 5.74) is 6.95. The summed E-state index contributed by atoms with van der Waals surface area (Å²) in [4.78, 5) is 31.1. The molecule has 6 nitrogen and oxygen atoms in total. The van der Waals surface area contributed by atoms with E-state index < -0.39 is 11.8 Å². The average molecular weight is 360 g/mol. The topological polar surface area (TPSA) is 88.3 Å². The summed E-state index contributed by atoms with van der Waals surface area (Å²) < 4.78 is 0. The molecule has 1 saturated heterocycles. The highest BCUT2D eigenvalue weighted by atomic mass is 32.2. The number of pyridine rings is 1. The molecular weight excluding hydrogens is 336 g/mol. The van der Waals surface area contributed by atoms with E-state index in [9.17, 15) is 9.59 Å². The highest BCUT2D eigenvalue weighted by molar-refractivity contribution is 8.03. The van der Waals surface area contributed by atoms with Crippen LogP contribution in [0.4, 0.5) is 11.5 Å². The Bertz CT molecular complexity index is 698. The average Bonchev–Trinajstić information content (AvgIpc) is 3.11. The fraction of sp³-hybridized carbons (Fsp3) is 0.500. The minimum absolute atomic E-state index is 0.112. The quantitative estimate of drug-likeness (QED) is 0.791. The highest BCUT2D eigenvalue weighted by Crippen LogP contribution is 2.35. The lowest BCUT2D eigenvalue weighted by atomic mass is 9.91. The van der Waals surface area contributed by atoms with Crippen molar-refractivity contribution in [2.45, 2.75) is 44.4 Å². The number of thioether (sulfide) groups is 1. The van der Waals surface area contributed by atoms with Gasteiger partial charge in [0.15, 0.2) is 0 Å². The molecule has 25 heavy (non-hydrogen) atoms. The number of amides is 2. The van der Waals surface area contributed by atoms with Gasteiger partial charge in [0.05, 0.1) is 11.9 Å². The first-order valence-corrected chi connectivity index (χ1v) is 9.54. The van der Waals surface area contributed by atoms with Gasteiger partial charge >= 0.3 is 11.8 Å². The summed E-state index contributed by atoms with van der Waals surface area (Å²) in [6.07, 6.45) is 6.60. The Balaban J connectivity index is 1.71. The third kappa shape index (κ3) is 3.98. The Morgan fingerprint density at radius 2 is 2.20 bits per heavy atom. The monoisotopic (exact) mass is 360 g/mol. The molecule has 0 radical (unpaired) electrons. The normalized spacial score (nSPS) is 25.8. The molecule has 7 heteroatoms. The number of anilines is 2. The third-order valence-corrected chi connectivity index (χ3v) is 6.05. The van der Waals surface area contributed by atoms with Crippen LogP contribution in [0.5, 0.6) is 0 Å². The van der Waals surface area contributed by atoms with E-state index in [-0.39, 0.29) is 6.04 Å². The third-order valence-electron chi connectivity index (χ3n) is 4.84. The number of allylic oxidation sites excluding steroid dienone is 1. The van der Waals surface area contributed by atoms with Crippen LogP contribution < -0.4 is 11.1 Å². The summed E-state index contributed by atoms with van der Waals surface area (Å²) in [6, 6.07) is 1.83. The molecule has 0 aliphatic carbocycles. The number of nitrogens with zero attached hydrogens (tertiary/aromatic N) is 2. The molecule has 134 valence electrons. The van der Waals surface area contributed by atoms with E-state index >= 15 is 0 Å². The molecule has 3 N–H and O–H groups in total. The van der Waals surface area contributed by atoms with Crippen LogP contribution in [-0.4, -0.2) is 39.5 Å². The summed E-state index contributed by atoms with van der Waals surface area (Å²) >= 11 is 1.76. The Hall–Kier alpha value is -2.02. The molecule has 2 aliphatic rings. The van der Waals surface area contributed by atoms with E-state index in [1.807, 2.05) is 6.92 Å². The number of likely N-dealkylation sites (tertiary alicyclic amines) is 1. The van der Waals surface area contributed by atoms with Crippen LogP contribution in [0.15, 0.2) is 23.7 Å². The minimum atomic E-state index is -0.610. The van der Waals surface area contributed by atoms with Gasteiger partial charge in [-0.2, -0.15) is 0 Å². The Labute approximate surface area is 152 Å². The van der Waals surface area contributed by atoms with E-state index in [4.69, 9.17) is 5.73 Å². The Morgan fingerprint density at radius 1 is 1.40 bits per heavy atom. The molecule has 1 fully saturated rings. The first-order chi connectivity index (χ1) is 12.0. The number of nitrogens with one attached hydrogen (secondary N) is 1. The Morgan fingerprint density at radius 3 is 2.88 bits per heavy atom. The van der Waals surface area contributed by atoms with Gasteiger partial charge < -0.3 is 16.0 Å². The number of aryl methyl sites for hydroxylation is 1. The number of aromatic nitrogens is 1. The highest BCUT2D eigenvalue weighted by Gasteiger charge is 2.38. The van der Waals surface area contributed by atoms with E-state index in [1.165, 1.54) is 6.20 Å². The SMILES string of the molecule is Cc1cc(NC(=O)C(=O)N2C[C@H](C)CC[C@H]2C2CC=CS2)cnc1N. The van der Waals surface area contributed by atoms with Gasteiger partial charge in [-0.05, 0) is 49.1 Å². The second-order valence-electron chi connectivity index (χ2n) is 6.87. The number of rotatable bonds is 2. The van der Waals surface area contributed by atoms with E-state index in [0.29, 0.717) is 29.2 Å². The lowest BCUT2D eigenvalue weighted by Crippen LogP contribution is -2.53. The van der Waals surface area contributed by atoms with Crippen molar-refractivity contribution in [1.29, 1.82) is 0 Å². The number of hydrogen-bond donors (Lipinski definition) is 2. The van der Waals surface area contributed by atoms with E-state index in [0.717, 1.165) is 24.8 Å². The minimum Gasteiger partial charge on any atom is -0.383 e. The number of hydrogen-bond acceptors (Lipinski definition) is 5. The van der Waals surface area contributed by atoms with Crippen LogP contribution in [0, 0.1) is 12.8 Å². The molecule has 0 spiro atoms. The molecule has 3 rings (SSSR count). The van der Waals surface area contributed by atoms with Gasteiger partial charge in [0.1, 0.15) is 5.82 Å². The molecule has 2 amide bonds. The second-order valence-corrected chi connectivity index (χ2v) is 8.02. The van der Waals surface area contributed by atoms with Crippen LogP contribution in [0.25, 0.3) is 0 Å². The zero-order valence-corrected chi connectivity index (χ0v) is 15.4. The zero-order valence-electron chi connectivity index (χ0n) is 14.6. The van der Waals surface area contributed by atoms with Gasteiger partial charge in [-0.1, -0.05) is 13.0 Å². The summed E-state index contributed by atoms with van der Waals surface area (Å²) in [5.74, 6) is -0.243. The predicted octanol–water partition coefficient (Wildman–Crippen LogP) is 2.56. The lowest BCUT2D eigenvalue weighted by Gasteiger charge is -2.41. The van der Waals surface area contributed by atoms with Crippen molar-refractivity contribution in [2.75, 3.05) is 17.6 Å². The molecule has 0 aromatic carbocycles. The molecule has 3 atom stereocenters. The van der Waals surface area contributed by atoms with Crippen molar-refractivity contribution in [3.63, 3.8) is 0 Å². The number of carbonyl (C=O) groups excluding carboxylic acids is 2. The maximum absolute atomic E-state index is 12.8. The van der Waals surface area contributed by atoms with Gasteiger partial charge in [-0.25, -0.2) is 4.98 Å². The second kappa shape index (κ2) is 7.47. The lowest BCUT2D eigenvalue weighted by molar-refractivity contribution is -0.146. The molecule has 2 aliphatic heterocycles. The molecule has 0 saturated carbocycles. The predicted molar refractivity (Wildman–Crippen MR) is 101 cm³/mol. The number of nitrogen functional groups attached to an aromatic ring is 1. The summed E-state index contributed by atoms with van der Waals surface area (Å²) in [5, 5.41) is 5.11. The van der Waals surface area contributed by atoms with Crippen molar-refractivity contribution < 1.29 is 9.59 Å².